The Morgan fingerprint density at radius 3 is 2.06 bits per heavy atom. The highest BCUT2D eigenvalue weighted by Crippen LogP contribution is 2.09. The summed E-state index contributed by atoms with van der Waals surface area (Å²) in [5.41, 5.74) is 4.26. The molecule has 0 unspecified atom stereocenters. The lowest BCUT2D eigenvalue weighted by atomic mass is 10.2. The van der Waals surface area contributed by atoms with Crippen molar-refractivity contribution in [1.82, 2.24) is 9.97 Å². The number of halogens is 2. The minimum atomic E-state index is 0.433. The van der Waals surface area contributed by atoms with Gasteiger partial charge in [0, 0.05) is 24.0 Å². The van der Waals surface area contributed by atoms with Crippen LogP contribution in [0.4, 0.5) is 0 Å². The number of pyridine rings is 2. The Kier molecular flexibility index (Phi) is 6.69. The molecule has 0 saturated heterocycles. The van der Waals surface area contributed by atoms with E-state index in [0.29, 0.717) is 11.8 Å². The van der Waals surface area contributed by atoms with Crippen molar-refractivity contribution in [2.75, 3.05) is 0 Å². The van der Waals surface area contributed by atoms with E-state index in [1.807, 2.05) is 31.3 Å². The molecule has 4 heteroatoms. The standard InChI is InChI=1S/C7H7Cl2N.C7H9N/c8-4-6-2-1-3-10-7(6)5-9;1-6-4-3-5-8-7(6)2/h1-3H,4-5H2;3-5H,1-2H3. The van der Waals surface area contributed by atoms with Gasteiger partial charge in [0.25, 0.3) is 0 Å². The maximum Gasteiger partial charge on any atom is 0.0650 e. The fraction of sp³-hybridized carbons (Fsp3) is 0.286. The largest absolute Gasteiger partial charge is 0.261 e. The van der Waals surface area contributed by atoms with Crippen LogP contribution in [0.2, 0.25) is 0 Å². The molecule has 0 aliphatic heterocycles. The van der Waals surface area contributed by atoms with E-state index in [-0.39, 0.29) is 0 Å². The maximum absolute atomic E-state index is 5.61. The molecule has 2 aromatic heterocycles. The van der Waals surface area contributed by atoms with E-state index in [0.717, 1.165) is 17.0 Å². The van der Waals surface area contributed by atoms with Gasteiger partial charge >= 0.3 is 0 Å². The van der Waals surface area contributed by atoms with Gasteiger partial charge in [-0.1, -0.05) is 12.1 Å². The first-order chi connectivity index (χ1) is 8.69. The van der Waals surface area contributed by atoms with Crippen molar-refractivity contribution in [3.05, 3.63) is 59.2 Å². The number of aromatic nitrogens is 2. The van der Waals surface area contributed by atoms with Crippen LogP contribution in [0.15, 0.2) is 36.7 Å². The van der Waals surface area contributed by atoms with E-state index >= 15 is 0 Å². The molecule has 0 amide bonds. The number of aryl methyl sites for hydroxylation is 2. The molecule has 0 spiro atoms. The first kappa shape index (κ1) is 14.9. The summed E-state index contributed by atoms with van der Waals surface area (Å²) in [5.74, 6) is 0.915. The highest BCUT2D eigenvalue weighted by Gasteiger charge is 1.98. The molecule has 0 saturated carbocycles. The van der Waals surface area contributed by atoms with Gasteiger partial charge in [-0.05, 0) is 37.1 Å². The van der Waals surface area contributed by atoms with E-state index in [2.05, 4.69) is 23.0 Å². The Balaban J connectivity index is 0.000000184. The van der Waals surface area contributed by atoms with Crippen LogP contribution in [0.1, 0.15) is 22.5 Å². The number of alkyl halides is 2. The Morgan fingerprint density at radius 2 is 1.61 bits per heavy atom. The zero-order chi connectivity index (χ0) is 13.4. The first-order valence-electron chi connectivity index (χ1n) is 5.62. The number of hydrogen-bond donors (Lipinski definition) is 0. The van der Waals surface area contributed by atoms with Crippen molar-refractivity contribution in [2.45, 2.75) is 25.6 Å². The Morgan fingerprint density at radius 1 is 0.944 bits per heavy atom. The normalized spacial score (nSPS) is 9.56. The second-order valence-corrected chi connectivity index (χ2v) is 4.32. The van der Waals surface area contributed by atoms with Gasteiger partial charge in [0.2, 0.25) is 0 Å². The second-order valence-electron chi connectivity index (χ2n) is 3.78. The van der Waals surface area contributed by atoms with Crippen molar-refractivity contribution in [3.8, 4) is 0 Å². The quantitative estimate of drug-likeness (QED) is 0.770. The molecule has 2 aromatic rings. The van der Waals surface area contributed by atoms with Crippen LogP contribution < -0.4 is 0 Å². The first-order valence-corrected chi connectivity index (χ1v) is 6.68. The summed E-state index contributed by atoms with van der Waals surface area (Å²) < 4.78 is 0. The Labute approximate surface area is 118 Å². The molecule has 0 aromatic carbocycles. The predicted octanol–water partition coefficient (Wildman–Crippen LogP) is 4.26. The highest BCUT2D eigenvalue weighted by molar-refractivity contribution is 6.18. The van der Waals surface area contributed by atoms with Crippen LogP contribution in [0, 0.1) is 13.8 Å². The zero-order valence-corrected chi connectivity index (χ0v) is 12.0. The fourth-order valence-corrected chi connectivity index (χ4v) is 1.76. The van der Waals surface area contributed by atoms with Gasteiger partial charge in [0.15, 0.2) is 0 Å². The smallest absolute Gasteiger partial charge is 0.0650 e. The molecule has 0 atom stereocenters. The Bertz CT molecular complexity index is 443. The molecule has 18 heavy (non-hydrogen) atoms. The minimum absolute atomic E-state index is 0.433. The van der Waals surface area contributed by atoms with Crippen LogP contribution >= 0.6 is 23.2 Å². The van der Waals surface area contributed by atoms with Crippen LogP contribution in [0.3, 0.4) is 0 Å². The lowest BCUT2D eigenvalue weighted by molar-refractivity contribution is 1.11. The van der Waals surface area contributed by atoms with Gasteiger partial charge in [-0.3, -0.25) is 9.97 Å². The average Bonchev–Trinajstić information content (AvgIpc) is 2.42. The number of rotatable bonds is 2. The van der Waals surface area contributed by atoms with Gasteiger partial charge < -0.3 is 0 Å². The molecule has 0 aliphatic carbocycles. The molecule has 2 heterocycles. The summed E-state index contributed by atoms with van der Waals surface area (Å²) in [6, 6.07) is 7.79. The van der Waals surface area contributed by atoms with Gasteiger partial charge in [0.1, 0.15) is 0 Å². The van der Waals surface area contributed by atoms with Crippen molar-refractivity contribution in [3.63, 3.8) is 0 Å². The van der Waals surface area contributed by atoms with E-state index in [1.165, 1.54) is 5.56 Å². The zero-order valence-electron chi connectivity index (χ0n) is 10.5. The molecule has 96 valence electrons. The lowest BCUT2D eigenvalue weighted by Gasteiger charge is -1.99. The van der Waals surface area contributed by atoms with Gasteiger partial charge in [-0.25, -0.2) is 0 Å². The summed E-state index contributed by atoms with van der Waals surface area (Å²) in [5, 5.41) is 0. The molecule has 0 N–H and O–H groups in total. The fourth-order valence-electron chi connectivity index (χ4n) is 1.28. The Hall–Kier alpha value is -1.12. The van der Waals surface area contributed by atoms with E-state index in [9.17, 15) is 0 Å². The molecular formula is C14H16Cl2N2. The summed E-state index contributed by atoms with van der Waals surface area (Å²) in [6.45, 7) is 4.07. The molecule has 0 aliphatic rings. The maximum atomic E-state index is 5.61. The van der Waals surface area contributed by atoms with Crippen molar-refractivity contribution >= 4 is 23.2 Å². The third kappa shape index (κ3) is 4.63. The van der Waals surface area contributed by atoms with Crippen LogP contribution in [-0.2, 0) is 11.8 Å². The van der Waals surface area contributed by atoms with Crippen molar-refractivity contribution in [1.29, 1.82) is 0 Å². The van der Waals surface area contributed by atoms with Crippen LogP contribution in [0.5, 0.6) is 0 Å². The third-order valence-electron chi connectivity index (χ3n) is 2.53. The van der Waals surface area contributed by atoms with Crippen LogP contribution in [-0.4, -0.2) is 9.97 Å². The van der Waals surface area contributed by atoms with Gasteiger partial charge in [0.05, 0.1) is 11.6 Å². The van der Waals surface area contributed by atoms with E-state index in [4.69, 9.17) is 23.2 Å². The monoisotopic (exact) mass is 282 g/mol. The van der Waals surface area contributed by atoms with Crippen LogP contribution in [0.25, 0.3) is 0 Å². The highest BCUT2D eigenvalue weighted by atomic mass is 35.5. The summed E-state index contributed by atoms with van der Waals surface area (Å²) in [6.07, 6.45) is 3.52. The van der Waals surface area contributed by atoms with Gasteiger partial charge in [-0.15, -0.1) is 23.2 Å². The number of hydrogen-bond acceptors (Lipinski definition) is 2. The predicted molar refractivity (Wildman–Crippen MR) is 77.1 cm³/mol. The SMILES string of the molecule is Cc1cccnc1C.ClCc1cccnc1CCl. The minimum Gasteiger partial charge on any atom is -0.261 e. The van der Waals surface area contributed by atoms with Crippen molar-refractivity contribution < 1.29 is 0 Å². The molecule has 2 rings (SSSR count). The lowest BCUT2D eigenvalue weighted by Crippen LogP contribution is -1.90. The van der Waals surface area contributed by atoms with E-state index in [1.54, 1.807) is 6.20 Å². The molecule has 2 nitrogen and oxygen atoms in total. The van der Waals surface area contributed by atoms with Gasteiger partial charge in [-0.2, -0.15) is 0 Å². The second kappa shape index (κ2) is 8.06. The molecule has 0 radical (unpaired) electrons. The summed E-state index contributed by atoms with van der Waals surface area (Å²) in [7, 11) is 0. The summed E-state index contributed by atoms with van der Waals surface area (Å²) >= 11 is 11.2. The topological polar surface area (TPSA) is 25.8 Å². The molecular weight excluding hydrogens is 267 g/mol. The molecule has 0 fully saturated rings. The van der Waals surface area contributed by atoms with E-state index < -0.39 is 0 Å². The average molecular weight is 283 g/mol. The third-order valence-corrected chi connectivity index (χ3v) is 3.07. The molecule has 0 bridgehead atoms. The summed E-state index contributed by atoms with van der Waals surface area (Å²) in [4.78, 5) is 8.13. The number of nitrogens with zero attached hydrogens (tertiary/aromatic N) is 2. The van der Waals surface area contributed by atoms with Crippen molar-refractivity contribution in [2.24, 2.45) is 0 Å².